The number of pyridine rings is 2. The summed E-state index contributed by atoms with van der Waals surface area (Å²) in [6.45, 7) is 1.79. The second kappa shape index (κ2) is 11.3. The van der Waals surface area contributed by atoms with Crippen LogP contribution in [0, 0.1) is 0 Å². The third kappa shape index (κ3) is 6.10. The summed E-state index contributed by atoms with van der Waals surface area (Å²) in [5.41, 5.74) is 5.10. The van der Waals surface area contributed by atoms with Crippen molar-refractivity contribution in [3.05, 3.63) is 121 Å². The van der Waals surface area contributed by atoms with E-state index in [9.17, 15) is 0 Å². The Morgan fingerprint density at radius 3 is 1.07 bits per heavy atom. The van der Waals surface area contributed by atoms with Crippen LogP contribution in [0.3, 0.4) is 0 Å². The summed E-state index contributed by atoms with van der Waals surface area (Å²) >= 11 is 0. The van der Waals surface area contributed by atoms with E-state index in [0.717, 1.165) is 13.1 Å². The lowest BCUT2D eigenvalue weighted by atomic mass is 10.1. The van der Waals surface area contributed by atoms with Crippen LogP contribution in [0.1, 0.15) is 11.1 Å². The van der Waals surface area contributed by atoms with Gasteiger partial charge < -0.3 is 48.0 Å². The molecule has 0 amide bonds. The average molecular weight is 592 g/mol. The number of aromatic nitrogens is 2. The van der Waals surface area contributed by atoms with Crippen molar-refractivity contribution < 1.29 is 57.1 Å². The minimum atomic E-state index is 0. The number of halogens is 2. The van der Waals surface area contributed by atoms with Gasteiger partial charge in [0.2, 0.25) is 0 Å². The molecule has 0 fully saturated rings. The Morgan fingerprint density at radius 1 is 0.429 bits per heavy atom. The zero-order valence-corrected chi connectivity index (χ0v) is 19.8. The summed E-state index contributed by atoms with van der Waals surface area (Å²) in [6.07, 6.45) is 8.58. The first-order valence-corrected chi connectivity index (χ1v) is 8.93. The molecule has 2 nitrogen and oxygen atoms in total. The molecule has 0 aliphatic heterocycles. The molecule has 28 heavy (non-hydrogen) atoms. The Bertz CT molecular complexity index is 872. The Kier molecular flexibility index (Phi) is 9.05. The zero-order chi connectivity index (χ0) is 17.6. The molecule has 0 spiro atoms. The van der Waals surface area contributed by atoms with Gasteiger partial charge in [-0.25, -0.2) is 9.13 Å². The normalized spacial score (nSPS) is 9.86. The van der Waals surface area contributed by atoms with Gasteiger partial charge in [-0.3, -0.25) is 0 Å². The van der Waals surface area contributed by atoms with Crippen LogP contribution in [-0.2, 0) is 13.1 Å². The first-order valence-electron chi connectivity index (χ1n) is 8.93. The van der Waals surface area contributed by atoms with Crippen LogP contribution < -0.4 is 57.1 Å². The number of hydrogen-bond donors (Lipinski definition) is 0. The maximum absolute atomic E-state index is 2.21. The molecule has 4 rings (SSSR count). The van der Waals surface area contributed by atoms with Crippen LogP contribution >= 0.6 is 0 Å². The van der Waals surface area contributed by atoms with Crippen molar-refractivity contribution in [1.82, 2.24) is 0 Å². The molecular weight excluding hydrogens is 570 g/mol. The molecule has 0 aliphatic carbocycles. The highest BCUT2D eigenvalue weighted by Gasteiger charge is 2.07. The highest BCUT2D eigenvalue weighted by atomic mass is 127. The van der Waals surface area contributed by atoms with Crippen molar-refractivity contribution in [2.24, 2.45) is 0 Å². The van der Waals surface area contributed by atoms with Gasteiger partial charge in [0, 0.05) is 35.4 Å². The Hall–Kier alpha value is -1.80. The van der Waals surface area contributed by atoms with Gasteiger partial charge in [0.05, 0.1) is 0 Å². The van der Waals surface area contributed by atoms with Crippen molar-refractivity contribution in [2.45, 2.75) is 13.1 Å². The van der Waals surface area contributed by atoms with Crippen molar-refractivity contribution >= 4 is 0 Å². The third-order valence-corrected chi connectivity index (χ3v) is 4.53. The molecule has 4 aromatic rings. The van der Waals surface area contributed by atoms with E-state index in [1.54, 1.807) is 0 Å². The van der Waals surface area contributed by atoms with E-state index in [1.807, 2.05) is 0 Å². The van der Waals surface area contributed by atoms with Gasteiger partial charge in [-0.2, -0.15) is 0 Å². The molecule has 0 aliphatic rings. The SMILES string of the molecule is [I-].[I-].c1ccc(C[n+]2ccc(-c3cc[n+](Cc4ccccc4)cc3)cc2)cc1. The Labute approximate surface area is 200 Å². The molecule has 4 heteroatoms. The first kappa shape index (κ1) is 22.5. The van der Waals surface area contributed by atoms with E-state index in [2.05, 4.69) is 119 Å². The topological polar surface area (TPSA) is 7.76 Å². The molecule has 2 aromatic heterocycles. The zero-order valence-electron chi connectivity index (χ0n) is 15.5. The molecule has 2 heterocycles. The van der Waals surface area contributed by atoms with Crippen molar-refractivity contribution in [3.63, 3.8) is 0 Å². The van der Waals surface area contributed by atoms with Crippen LogP contribution in [0.4, 0.5) is 0 Å². The van der Waals surface area contributed by atoms with Gasteiger partial charge in [-0.15, -0.1) is 0 Å². The van der Waals surface area contributed by atoms with Crippen LogP contribution in [0.5, 0.6) is 0 Å². The minimum absolute atomic E-state index is 0. The maximum Gasteiger partial charge on any atom is 0.173 e. The first-order chi connectivity index (χ1) is 12.9. The second-order valence-electron chi connectivity index (χ2n) is 6.49. The summed E-state index contributed by atoms with van der Waals surface area (Å²) in [7, 11) is 0. The second-order valence-corrected chi connectivity index (χ2v) is 6.49. The summed E-state index contributed by atoms with van der Waals surface area (Å²) in [5.74, 6) is 0. The predicted molar refractivity (Wildman–Crippen MR) is 103 cm³/mol. The van der Waals surface area contributed by atoms with Crippen molar-refractivity contribution in [1.29, 1.82) is 0 Å². The Balaban J connectivity index is 0.00000140. The smallest absolute Gasteiger partial charge is 0.173 e. The fourth-order valence-corrected chi connectivity index (χ4v) is 3.10. The summed E-state index contributed by atoms with van der Waals surface area (Å²) < 4.78 is 4.41. The van der Waals surface area contributed by atoms with E-state index in [0.29, 0.717) is 0 Å². The lowest BCUT2D eigenvalue weighted by Gasteiger charge is -2.02. The van der Waals surface area contributed by atoms with Crippen LogP contribution in [0.15, 0.2) is 110 Å². The lowest BCUT2D eigenvalue weighted by Crippen LogP contribution is -3.00. The number of benzene rings is 2. The molecule has 142 valence electrons. The van der Waals surface area contributed by atoms with Gasteiger partial charge >= 0.3 is 0 Å². The fraction of sp³-hybridized carbons (Fsp3) is 0.0833. The van der Waals surface area contributed by atoms with Gasteiger partial charge in [-0.05, 0) is 11.1 Å². The molecule has 0 bridgehead atoms. The molecule has 0 N–H and O–H groups in total. The minimum Gasteiger partial charge on any atom is -1.00 e. The Morgan fingerprint density at radius 2 is 0.750 bits per heavy atom. The maximum atomic E-state index is 2.21. The summed E-state index contributed by atoms with van der Waals surface area (Å²) in [5, 5.41) is 0. The molecule has 0 atom stereocenters. The average Bonchev–Trinajstić information content (AvgIpc) is 2.71. The fourth-order valence-electron chi connectivity index (χ4n) is 3.10. The molecule has 0 unspecified atom stereocenters. The summed E-state index contributed by atoms with van der Waals surface area (Å²) in [6, 6.07) is 29.8. The highest BCUT2D eigenvalue weighted by Crippen LogP contribution is 2.15. The number of nitrogens with zero attached hydrogens (tertiary/aromatic N) is 2. The van der Waals surface area contributed by atoms with E-state index in [-0.39, 0.29) is 48.0 Å². The van der Waals surface area contributed by atoms with E-state index in [1.165, 1.54) is 22.3 Å². The van der Waals surface area contributed by atoms with Gasteiger partial charge in [0.25, 0.3) is 0 Å². The summed E-state index contributed by atoms with van der Waals surface area (Å²) in [4.78, 5) is 0. The quantitative estimate of drug-likeness (QED) is 0.188. The molecule has 0 saturated heterocycles. The third-order valence-electron chi connectivity index (χ3n) is 4.53. The van der Waals surface area contributed by atoms with Gasteiger partial charge in [0.1, 0.15) is 0 Å². The van der Waals surface area contributed by atoms with Crippen molar-refractivity contribution in [2.75, 3.05) is 0 Å². The molecular formula is C24H22I2N2. The number of hydrogen-bond acceptors (Lipinski definition) is 0. The largest absolute Gasteiger partial charge is 1.00 e. The van der Waals surface area contributed by atoms with E-state index in [4.69, 9.17) is 0 Å². The van der Waals surface area contributed by atoms with E-state index < -0.39 is 0 Å². The van der Waals surface area contributed by atoms with Crippen LogP contribution in [-0.4, -0.2) is 0 Å². The lowest BCUT2D eigenvalue weighted by molar-refractivity contribution is -0.688. The highest BCUT2D eigenvalue weighted by molar-refractivity contribution is 5.60. The van der Waals surface area contributed by atoms with Gasteiger partial charge in [0.15, 0.2) is 37.9 Å². The van der Waals surface area contributed by atoms with E-state index >= 15 is 0 Å². The van der Waals surface area contributed by atoms with Gasteiger partial charge in [-0.1, -0.05) is 60.7 Å². The molecule has 0 radical (unpaired) electrons. The monoisotopic (exact) mass is 592 g/mol. The van der Waals surface area contributed by atoms with Crippen LogP contribution in [0.25, 0.3) is 11.1 Å². The standard InChI is InChI=1S/C24H22N2.2HI/c1-3-7-21(8-4-1)19-25-15-11-23(12-16-25)24-13-17-26(18-14-24)20-22-9-5-2-6-10-22;;/h1-18H,19-20H2;2*1H/q+2;;/p-2. The molecule has 0 saturated carbocycles. The van der Waals surface area contributed by atoms with Crippen molar-refractivity contribution in [3.8, 4) is 11.1 Å². The number of rotatable bonds is 5. The molecule has 2 aromatic carbocycles. The van der Waals surface area contributed by atoms with Crippen LogP contribution in [0.2, 0.25) is 0 Å². The predicted octanol–water partition coefficient (Wildman–Crippen LogP) is -1.97.